The minimum absolute atomic E-state index is 0.0408. The molecule has 1 unspecified atom stereocenters. The number of likely N-dealkylation sites (tertiary alicyclic amines) is 1. The van der Waals surface area contributed by atoms with Gasteiger partial charge in [0.15, 0.2) is 0 Å². The van der Waals surface area contributed by atoms with E-state index >= 15 is 0 Å². The topological polar surface area (TPSA) is 51.3 Å². The Morgan fingerprint density at radius 3 is 2.59 bits per heavy atom. The van der Waals surface area contributed by atoms with Crippen molar-refractivity contribution in [3.05, 3.63) is 78.3 Å². The van der Waals surface area contributed by atoms with Crippen LogP contribution >= 0.6 is 0 Å². The minimum atomic E-state index is -0.0408. The number of piperidine rings is 1. The summed E-state index contributed by atoms with van der Waals surface area (Å²) in [6, 6.07) is 14.0. The van der Waals surface area contributed by atoms with Gasteiger partial charge in [-0.15, -0.1) is 0 Å². The highest BCUT2D eigenvalue weighted by Crippen LogP contribution is 2.31. The fourth-order valence-electron chi connectivity index (χ4n) is 4.02. The summed E-state index contributed by atoms with van der Waals surface area (Å²) < 4.78 is 7.72. The average Bonchev–Trinajstić information content (AvgIpc) is 3.38. The molecule has 0 saturated carbocycles. The quantitative estimate of drug-likeness (QED) is 0.690. The minimum Gasteiger partial charge on any atom is -0.469 e. The van der Waals surface area contributed by atoms with E-state index in [-0.39, 0.29) is 11.8 Å². The number of benzene rings is 1. The maximum atomic E-state index is 13.0. The van der Waals surface area contributed by atoms with Crippen LogP contribution in [0.2, 0.25) is 0 Å². The van der Waals surface area contributed by atoms with Crippen LogP contribution in [0.5, 0.6) is 0 Å². The molecule has 0 N–H and O–H groups in total. The lowest BCUT2D eigenvalue weighted by Gasteiger charge is -2.32. The highest BCUT2D eigenvalue weighted by atomic mass is 16.3. The Morgan fingerprint density at radius 2 is 1.96 bits per heavy atom. The molecule has 1 aliphatic rings. The van der Waals surface area contributed by atoms with Crippen molar-refractivity contribution in [3.63, 3.8) is 0 Å². The highest BCUT2D eigenvalue weighted by Gasteiger charge is 2.28. The first kappa shape index (κ1) is 17.6. The van der Waals surface area contributed by atoms with Crippen molar-refractivity contribution in [1.29, 1.82) is 0 Å². The molecule has 2 aromatic heterocycles. The molecular weight excluding hydrogens is 338 g/mol. The van der Waals surface area contributed by atoms with Crippen molar-refractivity contribution in [3.8, 4) is 0 Å². The van der Waals surface area contributed by atoms with E-state index in [1.54, 1.807) is 6.26 Å². The van der Waals surface area contributed by atoms with Gasteiger partial charge in [0.2, 0.25) is 5.91 Å². The zero-order valence-corrected chi connectivity index (χ0v) is 15.6. The van der Waals surface area contributed by atoms with Crippen LogP contribution in [0.15, 0.2) is 65.5 Å². The number of rotatable bonds is 5. The van der Waals surface area contributed by atoms with E-state index in [0.29, 0.717) is 12.3 Å². The fourth-order valence-corrected chi connectivity index (χ4v) is 4.02. The second-order valence-corrected chi connectivity index (χ2v) is 7.23. The Hall–Kier alpha value is -2.82. The number of imidazole rings is 1. The molecule has 1 aromatic carbocycles. The first-order valence-corrected chi connectivity index (χ1v) is 9.55. The summed E-state index contributed by atoms with van der Waals surface area (Å²) in [5.74, 6) is 2.56. The predicted octanol–water partition coefficient (Wildman–Crippen LogP) is 3.94. The summed E-state index contributed by atoms with van der Waals surface area (Å²) >= 11 is 0. The lowest BCUT2D eigenvalue weighted by molar-refractivity contribution is -0.132. The molecule has 0 radical (unpaired) electrons. The SMILES string of the molecule is Cn1ccnc1C1CCN(C(=O)CC(c2ccccc2)c2ccco2)CC1. The molecule has 5 heteroatoms. The number of aryl methyl sites for hydroxylation is 1. The number of amides is 1. The van der Waals surface area contributed by atoms with E-state index in [4.69, 9.17) is 4.42 Å². The lowest BCUT2D eigenvalue weighted by atomic mass is 9.91. The van der Waals surface area contributed by atoms with Crippen LogP contribution in [-0.2, 0) is 11.8 Å². The summed E-state index contributed by atoms with van der Waals surface area (Å²) in [5, 5.41) is 0. The second-order valence-electron chi connectivity index (χ2n) is 7.23. The Balaban J connectivity index is 1.43. The smallest absolute Gasteiger partial charge is 0.223 e. The molecule has 1 saturated heterocycles. The lowest BCUT2D eigenvalue weighted by Crippen LogP contribution is -2.39. The van der Waals surface area contributed by atoms with E-state index < -0.39 is 0 Å². The third-order valence-corrected chi connectivity index (χ3v) is 5.54. The van der Waals surface area contributed by atoms with Gasteiger partial charge in [-0.3, -0.25) is 4.79 Å². The van der Waals surface area contributed by atoms with Crippen molar-refractivity contribution >= 4 is 5.91 Å². The number of aromatic nitrogens is 2. The molecule has 1 aliphatic heterocycles. The third kappa shape index (κ3) is 3.82. The van der Waals surface area contributed by atoms with Gasteiger partial charge in [-0.1, -0.05) is 30.3 Å². The summed E-state index contributed by atoms with van der Waals surface area (Å²) in [6.07, 6.45) is 7.88. The van der Waals surface area contributed by atoms with Gasteiger partial charge in [-0.05, 0) is 30.5 Å². The third-order valence-electron chi connectivity index (χ3n) is 5.54. The van der Waals surface area contributed by atoms with Gasteiger partial charge in [0.25, 0.3) is 0 Å². The normalized spacial score (nSPS) is 16.4. The van der Waals surface area contributed by atoms with Crippen LogP contribution < -0.4 is 0 Å². The van der Waals surface area contributed by atoms with E-state index in [1.165, 1.54) is 0 Å². The van der Waals surface area contributed by atoms with Gasteiger partial charge in [0.05, 0.1) is 12.2 Å². The summed E-state index contributed by atoms with van der Waals surface area (Å²) in [5.41, 5.74) is 1.11. The number of furan rings is 1. The molecule has 0 aliphatic carbocycles. The molecule has 4 rings (SSSR count). The Bertz CT molecular complexity index is 862. The van der Waals surface area contributed by atoms with E-state index in [2.05, 4.69) is 21.7 Å². The van der Waals surface area contributed by atoms with Crippen LogP contribution in [0, 0.1) is 0 Å². The number of carbonyl (C=O) groups is 1. The van der Waals surface area contributed by atoms with Crippen molar-refractivity contribution in [1.82, 2.24) is 14.5 Å². The molecule has 1 fully saturated rings. The van der Waals surface area contributed by atoms with Gasteiger partial charge in [-0.25, -0.2) is 4.98 Å². The van der Waals surface area contributed by atoms with Crippen molar-refractivity contribution in [2.24, 2.45) is 7.05 Å². The molecule has 3 heterocycles. The molecule has 27 heavy (non-hydrogen) atoms. The number of carbonyl (C=O) groups excluding carboxylic acids is 1. The maximum Gasteiger partial charge on any atom is 0.223 e. The Labute approximate surface area is 159 Å². The molecular formula is C22H25N3O2. The summed E-state index contributed by atoms with van der Waals surface area (Å²) in [6.45, 7) is 1.58. The molecule has 5 nitrogen and oxygen atoms in total. The molecule has 1 atom stereocenters. The molecule has 1 amide bonds. The molecule has 0 spiro atoms. The van der Waals surface area contributed by atoms with Crippen LogP contribution in [0.1, 0.15) is 48.2 Å². The van der Waals surface area contributed by atoms with Crippen molar-refractivity contribution < 1.29 is 9.21 Å². The van der Waals surface area contributed by atoms with Crippen molar-refractivity contribution in [2.45, 2.75) is 31.1 Å². The van der Waals surface area contributed by atoms with Crippen molar-refractivity contribution in [2.75, 3.05) is 13.1 Å². The van der Waals surface area contributed by atoms with Crippen LogP contribution in [0.25, 0.3) is 0 Å². The van der Waals surface area contributed by atoms with Gasteiger partial charge in [-0.2, -0.15) is 0 Å². The molecule has 0 bridgehead atoms. The number of hydrogen-bond donors (Lipinski definition) is 0. The van der Waals surface area contributed by atoms with Gasteiger partial charge < -0.3 is 13.9 Å². The van der Waals surface area contributed by atoms with Gasteiger partial charge in [0.1, 0.15) is 11.6 Å². The van der Waals surface area contributed by atoms with Crippen LogP contribution in [-0.4, -0.2) is 33.4 Å². The zero-order chi connectivity index (χ0) is 18.6. The number of nitrogens with zero attached hydrogens (tertiary/aromatic N) is 3. The first-order chi connectivity index (χ1) is 13.2. The Kier molecular flexibility index (Phi) is 5.10. The molecule has 140 valence electrons. The largest absolute Gasteiger partial charge is 0.469 e. The fraction of sp³-hybridized carbons (Fsp3) is 0.364. The van der Waals surface area contributed by atoms with Gasteiger partial charge >= 0.3 is 0 Å². The van der Waals surface area contributed by atoms with Gasteiger partial charge in [0, 0.05) is 44.9 Å². The molecule has 3 aromatic rings. The van der Waals surface area contributed by atoms with Crippen LogP contribution in [0.4, 0.5) is 0 Å². The monoisotopic (exact) mass is 363 g/mol. The predicted molar refractivity (Wildman–Crippen MR) is 103 cm³/mol. The van der Waals surface area contributed by atoms with E-state index in [1.807, 2.05) is 54.7 Å². The standard InChI is InChI=1S/C22H25N3O2/c1-24-14-11-23-22(24)18-9-12-25(13-10-18)21(26)16-19(20-8-5-15-27-20)17-6-3-2-4-7-17/h2-8,11,14-15,18-19H,9-10,12-13,16H2,1H3. The second kappa shape index (κ2) is 7.82. The summed E-state index contributed by atoms with van der Waals surface area (Å²) in [7, 11) is 2.04. The van der Waals surface area contributed by atoms with Crippen LogP contribution in [0.3, 0.4) is 0 Å². The highest BCUT2D eigenvalue weighted by molar-refractivity contribution is 5.77. The average molecular weight is 363 g/mol. The van der Waals surface area contributed by atoms with E-state index in [9.17, 15) is 4.79 Å². The maximum absolute atomic E-state index is 13.0. The number of hydrogen-bond acceptors (Lipinski definition) is 3. The van der Waals surface area contributed by atoms with E-state index in [0.717, 1.165) is 43.1 Å². The Morgan fingerprint density at radius 1 is 1.19 bits per heavy atom. The first-order valence-electron chi connectivity index (χ1n) is 9.55. The zero-order valence-electron chi connectivity index (χ0n) is 15.6. The summed E-state index contributed by atoms with van der Waals surface area (Å²) in [4.78, 5) is 19.5.